The topological polar surface area (TPSA) is 69.6 Å². The number of piperidine rings is 1. The number of hydrogen-bond acceptors (Lipinski definition) is 3. The zero-order chi connectivity index (χ0) is 19.6. The van der Waals surface area contributed by atoms with Crippen molar-refractivity contribution in [1.82, 2.24) is 10.2 Å². The van der Waals surface area contributed by atoms with Crippen LogP contribution in [0, 0.1) is 11.8 Å². The van der Waals surface area contributed by atoms with Gasteiger partial charge in [0.2, 0.25) is 11.8 Å². The van der Waals surface area contributed by atoms with Gasteiger partial charge in [-0.25, -0.2) is 0 Å². The van der Waals surface area contributed by atoms with Gasteiger partial charge in [0.15, 0.2) is 0 Å². The van der Waals surface area contributed by atoms with Crippen LogP contribution in [0.3, 0.4) is 0 Å². The molecule has 1 aliphatic heterocycles. The Kier molecular flexibility index (Phi) is 5.74. The van der Waals surface area contributed by atoms with Crippen molar-refractivity contribution >= 4 is 11.8 Å². The van der Waals surface area contributed by atoms with Crippen LogP contribution in [0.1, 0.15) is 42.9 Å². The Bertz CT molecular complexity index is 704. The van der Waals surface area contributed by atoms with Crippen LogP contribution in [0.5, 0.6) is 0 Å². The lowest BCUT2D eigenvalue weighted by molar-refractivity contribution is -0.139. The van der Waals surface area contributed by atoms with Crippen molar-refractivity contribution in [2.75, 3.05) is 19.6 Å². The molecule has 0 radical (unpaired) electrons. The van der Waals surface area contributed by atoms with Gasteiger partial charge in [-0.2, -0.15) is 13.2 Å². The molecule has 3 rings (SSSR count). The van der Waals surface area contributed by atoms with E-state index in [2.05, 4.69) is 5.32 Å². The molecule has 0 aromatic heterocycles. The molecule has 5 nitrogen and oxygen atoms in total. The molecule has 2 fully saturated rings. The molecular formula is C19H23F3N2O3. The van der Waals surface area contributed by atoms with Crippen LogP contribution >= 0.6 is 0 Å². The fourth-order valence-corrected chi connectivity index (χ4v) is 3.48. The van der Waals surface area contributed by atoms with Gasteiger partial charge < -0.3 is 15.3 Å². The van der Waals surface area contributed by atoms with Gasteiger partial charge in [0.25, 0.3) is 0 Å². The van der Waals surface area contributed by atoms with Crippen LogP contribution < -0.4 is 5.32 Å². The maximum absolute atomic E-state index is 13.1. The maximum atomic E-state index is 13.1. The Hall–Kier alpha value is -2.09. The maximum Gasteiger partial charge on any atom is 0.416 e. The molecule has 1 aromatic carbocycles. The standard InChI is InChI=1S/C19H23F3N2O3/c20-19(21,22)15-6-2-1-5-14(15)16(25)10-23-17(26)13-4-3-9-24(11-13)18(27)12-7-8-12/h1-2,5-6,12-13,16,25H,3-4,7-11H2,(H,23,26). The van der Waals surface area contributed by atoms with Gasteiger partial charge in [-0.15, -0.1) is 0 Å². The number of alkyl halides is 3. The zero-order valence-corrected chi connectivity index (χ0v) is 14.8. The molecule has 1 aliphatic carbocycles. The second-order valence-corrected chi connectivity index (χ2v) is 7.24. The largest absolute Gasteiger partial charge is 0.416 e. The summed E-state index contributed by atoms with van der Waals surface area (Å²) in [7, 11) is 0. The van der Waals surface area contributed by atoms with Crippen molar-refractivity contribution in [3.05, 3.63) is 35.4 Å². The molecule has 1 aromatic rings. The smallest absolute Gasteiger partial charge is 0.387 e. The van der Waals surface area contributed by atoms with E-state index < -0.39 is 23.8 Å². The summed E-state index contributed by atoms with van der Waals surface area (Å²) in [6, 6.07) is 4.78. The van der Waals surface area contributed by atoms with Gasteiger partial charge in [0.1, 0.15) is 0 Å². The second kappa shape index (κ2) is 7.88. The van der Waals surface area contributed by atoms with E-state index in [9.17, 15) is 27.9 Å². The highest BCUT2D eigenvalue weighted by atomic mass is 19.4. The number of carbonyl (C=O) groups is 2. The lowest BCUT2D eigenvalue weighted by atomic mass is 9.96. The van der Waals surface area contributed by atoms with E-state index in [0.29, 0.717) is 19.5 Å². The minimum absolute atomic E-state index is 0.0895. The summed E-state index contributed by atoms with van der Waals surface area (Å²) in [6.45, 7) is 0.663. The van der Waals surface area contributed by atoms with Crippen molar-refractivity contribution in [1.29, 1.82) is 0 Å². The summed E-state index contributed by atoms with van der Waals surface area (Å²) in [5.74, 6) is -0.558. The van der Waals surface area contributed by atoms with Gasteiger partial charge in [-0.3, -0.25) is 9.59 Å². The van der Waals surface area contributed by atoms with Crippen LogP contribution in [0.4, 0.5) is 13.2 Å². The van der Waals surface area contributed by atoms with Gasteiger partial charge >= 0.3 is 6.18 Å². The average Bonchev–Trinajstić information content (AvgIpc) is 3.50. The van der Waals surface area contributed by atoms with Crippen molar-refractivity contribution in [2.45, 2.75) is 38.0 Å². The molecular weight excluding hydrogens is 361 g/mol. The lowest BCUT2D eigenvalue weighted by Crippen LogP contribution is -2.46. The van der Waals surface area contributed by atoms with Gasteiger partial charge in [0, 0.05) is 25.6 Å². The van der Waals surface area contributed by atoms with E-state index in [1.807, 2.05) is 0 Å². The van der Waals surface area contributed by atoms with Crippen molar-refractivity contribution < 1.29 is 27.9 Å². The van der Waals surface area contributed by atoms with E-state index in [1.54, 1.807) is 4.90 Å². The van der Waals surface area contributed by atoms with E-state index in [4.69, 9.17) is 0 Å². The third kappa shape index (κ3) is 4.80. The molecule has 27 heavy (non-hydrogen) atoms. The number of amides is 2. The zero-order valence-electron chi connectivity index (χ0n) is 14.8. The highest BCUT2D eigenvalue weighted by Gasteiger charge is 2.37. The van der Waals surface area contributed by atoms with E-state index >= 15 is 0 Å². The molecule has 2 aliphatic rings. The highest BCUT2D eigenvalue weighted by Crippen LogP contribution is 2.34. The average molecular weight is 384 g/mol. The van der Waals surface area contributed by atoms with Crippen LogP contribution in [0.25, 0.3) is 0 Å². The summed E-state index contributed by atoms with van der Waals surface area (Å²) >= 11 is 0. The molecule has 2 N–H and O–H groups in total. The summed E-state index contributed by atoms with van der Waals surface area (Å²) in [4.78, 5) is 26.3. The Morgan fingerprint density at radius 1 is 1.19 bits per heavy atom. The van der Waals surface area contributed by atoms with Crippen LogP contribution in [0.15, 0.2) is 24.3 Å². The van der Waals surface area contributed by atoms with E-state index in [0.717, 1.165) is 25.3 Å². The summed E-state index contributed by atoms with van der Waals surface area (Å²) < 4.78 is 39.2. The van der Waals surface area contributed by atoms with Crippen molar-refractivity contribution in [3.63, 3.8) is 0 Å². The summed E-state index contributed by atoms with van der Waals surface area (Å²) in [6.07, 6.45) is -2.90. The van der Waals surface area contributed by atoms with E-state index in [1.165, 1.54) is 18.2 Å². The lowest BCUT2D eigenvalue weighted by Gasteiger charge is -2.32. The van der Waals surface area contributed by atoms with E-state index in [-0.39, 0.29) is 29.8 Å². The number of likely N-dealkylation sites (tertiary alicyclic amines) is 1. The molecule has 8 heteroatoms. The first-order chi connectivity index (χ1) is 12.8. The highest BCUT2D eigenvalue weighted by molar-refractivity contribution is 5.83. The second-order valence-electron chi connectivity index (χ2n) is 7.24. The Labute approximate surface area is 155 Å². The third-order valence-electron chi connectivity index (χ3n) is 5.13. The number of hydrogen-bond donors (Lipinski definition) is 2. The number of aliphatic hydroxyl groups excluding tert-OH is 1. The molecule has 2 amide bonds. The molecule has 1 saturated carbocycles. The van der Waals surface area contributed by atoms with Crippen molar-refractivity contribution in [3.8, 4) is 0 Å². The molecule has 1 heterocycles. The summed E-state index contributed by atoms with van der Waals surface area (Å²) in [5.41, 5.74) is -1.18. The molecule has 0 bridgehead atoms. The molecule has 2 atom stereocenters. The molecule has 1 saturated heterocycles. The van der Waals surface area contributed by atoms with Crippen LogP contribution in [-0.2, 0) is 15.8 Å². The first-order valence-electron chi connectivity index (χ1n) is 9.18. The number of benzene rings is 1. The van der Waals surface area contributed by atoms with Gasteiger partial charge in [-0.05, 0) is 37.3 Å². The molecule has 0 spiro atoms. The SMILES string of the molecule is O=C(NCC(O)c1ccccc1C(F)(F)F)C1CCCN(C(=O)C2CC2)C1. The predicted molar refractivity (Wildman–Crippen MR) is 91.4 cm³/mol. The quantitative estimate of drug-likeness (QED) is 0.820. The normalized spacial score (nSPS) is 21.6. The van der Waals surface area contributed by atoms with Gasteiger partial charge in [-0.1, -0.05) is 18.2 Å². The first kappa shape index (κ1) is 19.7. The Morgan fingerprint density at radius 3 is 2.56 bits per heavy atom. The Morgan fingerprint density at radius 2 is 1.89 bits per heavy atom. The van der Waals surface area contributed by atoms with Crippen LogP contribution in [-0.4, -0.2) is 41.5 Å². The number of carbonyl (C=O) groups excluding carboxylic acids is 2. The third-order valence-corrected chi connectivity index (χ3v) is 5.13. The number of nitrogens with one attached hydrogen (secondary N) is 1. The van der Waals surface area contributed by atoms with Crippen molar-refractivity contribution in [2.24, 2.45) is 11.8 Å². The summed E-state index contributed by atoms with van der Waals surface area (Å²) in [5, 5.41) is 12.7. The molecule has 2 unspecified atom stereocenters. The Balaban J connectivity index is 1.56. The molecule has 148 valence electrons. The predicted octanol–water partition coefficient (Wildman–Crippen LogP) is 2.50. The van der Waals surface area contributed by atoms with Gasteiger partial charge in [0.05, 0.1) is 17.6 Å². The monoisotopic (exact) mass is 384 g/mol. The minimum atomic E-state index is -4.57. The first-order valence-corrected chi connectivity index (χ1v) is 9.18. The minimum Gasteiger partial charge on any atom is -0.387 e. The number of rotatable bonds is 5. The van der Waals surface area contributed by atoms with Crippen LogP contribution in [0.2, 0.25) is 0 Å². The number of aliphatic hydroxyl groups is 1. The number of nitrogens with zero attached hydrogens (tertiary/aromatic N) is 1. The fraction of sp³-hybridized carbons (Fsp3) is 0.579. The number of halogens is 3. The fourth-order valence-electron chi connectivity index (χ4n) is 3.48.